The highest BCUT2D eigenvalue weighted by Crippen LogP contribution is 2.15. The molecule has 1 atom stereocenters. The van der Waals surface area contributed by atoms with Gasteiger partial charge in [0.25, 0.3) is 0 Å². The minimum Gasteiger partial charge on any atom is -0.379 e. The van der Waals surface area contributed by atoms with Crippen LogP contribution in [0.25, 0.3) is 0 Å². The average Bonchev–Trinajstić information content (AvgIpc) is 2.47. The molecule has 20 heavy (non-hydrogen) atoms. The van der Waals surface area contributed by atoms with Gasteiger partial charge in [0.1, 0.15) is 0 Å². The van der Waals surface area contributed by atoms with Gasteiger partial charge < -0.3 is 15.0 Å². The second-order valence-corrected chi connectivity index (χ2v) is 6.36. The van der Waals surface area contributed by atoms with Gasteiger partial charge in [-0.25, -0.2) is 0 Å². The molecule has 1 aliphatic heterocycles. The van der Waals surface area contributed by atoms with Crippen LogP contribution in [0.5, 0.6) is 0 Å². The third-order valence-electron chi connectivity index (χ3n) is 4.25. The zero-order chi connectivity index (χ0) is 14.4. The fourth-order valence-corrected chi connectivity index (χ4v) is 2.66. The van der Waals surface area contributed by atoms with Crippen molar-refractivity contribution >= 4 is 0 Å². The van der Waals surface area contributed by atoms with E-state index in [0.29, 0.717) is 6.04 Å². The van der Waals surface area contributed by atoms with Gasteiger partial charge in [-0.2, -0.15) is 0 Å². The van der Waals surface area contributed by atoms with Crippen LogP contribution >= 0.6 is 0 Å². The summed E-state index contributed by atoms with van der Waals surface area (Å²) in [4.78, 5) is 2.56. The summed E-state index contributed by atoms with van der Waals surface area (Å²) < 4.78 is 5.51. The van der Waals surface area contributed by atoms with E-state index >= 15 is 0 Å². The number of rotatable bonds is 6. The van der Waals surface area contributed by atoms with Crippen LogP contribution in [0.2, 0.25) is 0 Å². The lowest BCUT2D eigenvalue weighted by Gasteiger charge is -2.35. The van der Waals surface area contributed by atoms with Crippen LogP contribution in [-0.4, -0.2) is 49.8 Å². The molecular formula is C17H28N2O. The molecule has 0 spiro atoms. The Morgan fingerprint density at radius 1 is 1.30 bits per heavy atom. The van der Waals surface area contributed by atoms with Crippen LogP contribution in [0, 0.1) is 0 Å². The molecule has 3 nitrogen and oxygen atoms in total. The Bertz CT molecular complexity index is 391. The van der Waals surface area contributed by atoms with Crippen molar-refractivity contribution in [2.45, 2.75) is 38.3 Å². The summed E-state index contributed by atoms with van der Waals surface area (Å²) in [5.74, 6) is 0. The molecule has 0 aliphatic carbocycles. The van der Waals surface area contributed by atoms with E-state index < -0.39 is 0 Å². The number of benzene rings is 1. The van der Waals surface area contributed by atoms with E-state index in [-0.39, 0.29) is 5.60 Å². The van der Waals surface area contributed by atoms with Crippen LogP contribution in [0.4, 0.5) is 0 Å². The van der Waals surface area contributed by atoms with Crippen molar-refractivity contribution in [3.63, 3.8) is 0 Å². The lowest BCUT2D eigenvalue weighted by molar-refractivity contribution is 0.00536. The summed E-state index contributed by atoms with van der Waals surface area (Å²) in [7, 11) is 1.80. The van der Waals surface area contributed by atoms with E-state index in [9.17, 15) is 0 Å². The number of methoxy groups -OCH3 is 1. The van der Waals surface area contributed by atoms with Gasteiger partial charge in [0.15, 0.2) is 0 Å². The highest BCUT2D eigenvalue weighted by molar-refractivity contribution is 5.16. The Kier molecular flexibility index (Phi) is 5.58. The van der Waals surface area contributed by atoms with Gasteiger partial charge in [-0.1, -0.05) is 30.3 Å². The molecule has 0 aromatic heterocycles. The number of nitrogens with one attached hydrogen (secondary N) is 1. The number of ether oxygens (including phenoxy) is 1. The topological polar surface area (TPSA) is 24.5 Å². The summed E-state index contributed by atoms with van der Waals surface area (Å²) >= 11 is 0. The van der Waals surface area contributed by atoms with E-state index in [1.807, 2.05) is 0 Å². The highest BCUT2D eigenvalue weighted by Gasteiger charge is 2.22. The second kappa shape index (κ2) is 7.21. The van der Waals surface area contributed by atoms with Gasteiger partial charge in [0.2, 0.25) is 0 Å². The zero-order valence-electron chi connectivity index (χ0n) is 13.1. The minimum absolute atomic E-state index is 0.0141. The van der Waals surface area contributed by atoms with Gasteiger partial charge in [0.05, 0.1) is 5.60 Å². The van der Waals surface area contributed by atoms with Crippen LogP contribution in [-0.2, 0) is 11.2 Å². The maximum atomic E-state index is 5.51. The summed E-state index contributed by atoms with van der Waals surface area (Å²) in [6, 6.07) is 11.3. The maximum Gasteiger partial charge on any atom is 0.0634 e. The summed E-state index contributed by atoms with van der Waals surface area (Å²) in [6.45, 7) is 8.81. The molecule has 1 fully saturated rings. The van der Waals surface area contributed by atoms with Crippen molar-refractivity contribution in [1.82, 2.24) is 10.2 Å². The molecule has 1 aliphatic rings. The molecule has 1 aromatic rings. The monoisotopic (exact) mass is 276 g/mol. The van der Waals surface area contributed by atoms with E-state index in [1.165, 1.54) is 5.56 Å². The Morgan fingerprint density at radius 3 is 2.75 bits per heavy atom. The smallest absolute Gasteiger partial charge is 0.0634 e. The highest BCUT2D eigenvalue weighted by atomic mass is 16.5. The minimum atomic E-state index is -0.0141. The van der Waals surface area contributed by atoms with Gasteiger partial charge in [-0.05, 0) is 32.3 Å². The van der Waals surface area contributed by atoms with E-state index in [0.717, 1.165) is 39.0 Å². The second-order valence-electron chi connectivity index (χ2n) is 6.36. The van der Waals surface area contributed by atoms with Gasteiger partial charge >= 0.3 is 0 Å². The fourth-order valence-electron chi connectivity index (χ4n) is 2.66. The van der Waals surface area contributed by atoms with Crippen molar-refractivity contribution in [3.8, 4) is 0 Å². The fraction of sp³-hybridized carbons (Fsp3) is 0.647. The third-order valence-corrected chi connectivity index (χ3v) is 4.25. The summed E-state index contributed by atoms with van der Waals surface area (Å²) in [6.07, 6.45) is 2.20. The number of piperazine rings is 1. The van der Waals surface area contributed by atoms with E-state index in [1.54, 1.807) is 7.11 Å². The third kappa shape index (κ3) is 4.89. The SMILES string of the molecule is COC(C)(C)CCN1CCNC(Cc2ccccc2)C1. The van der Waals surface area contributed by atoms with Gasteiger partial charge in [0, 0.05) is 39.3 Å². The molecule has 2 rings (SSSR count). The van der Waals surface area contributed by atoms with Crippen molar-refractivity contribution in [3.05, 3.63) is 35.9 Å². The van der Waals surface area contributed by atoms with Gasteiger partial charge in [-0.3, -0.25) is 0 Å². The number of nitrogens with zero attached hydrogens (tertiary/aromatic N) is 1. The Hall–Kier alpha value is -0.900. The first kappa shape index (κ1) is 15.5. The molecule has 0 amide bonds. The maximum absolute atomic E-state index is 5.51. The van der Waals surface area contributed by atoms with Crippen molar-refractivity contribution in [2.75, 3.05) is 33.3 Å². The summed E-state index contributed by atoms with van der Waals surface area (Å²) in [5.41, 5.74) is 1.41. The number of hydrogen-bond acceptors (Lipinski definition) is 3. The largest absolute Gasteiger partial charge is 0.379 e. The van der Waals surface area contributed by atoms with Crippen LogP contribution in [0.1, 0.15) is 25.8 Å². The predicted octanol–water partition coefficient (Wildman–Crippen LogP) is 2.32. The normalized spacial score (nSPS) is 21.1. The lowest BCUT2D eigenvalue weighted by Crippen LogP contribution is -2.52. The zero-order valence-corrected chi connectivity index (χ0v) is 13.1. The van der Waals surface area contributed by atoms with E-state index in [2.05, 4.69) is 54.4 Å². The average molecular weight is 276 g/mol. The van der Waals surface area contributed by atoms with Crippen molar-refractivity contribution < 1.29 is 4.74 Å². The molecule has 1 aromatic carbocycles. The Balaban J connectivity index is 1.80. The molecule has 0 saturated carbocycles. The molecule has 3 heteroatoms. The molecule has 112 valence electrons. The molecule has 1 heterocycles. The molecule has 0 bridgehead atoms. The molecule has 1 N–H and O–H groups in total. The van der Waals surface area contributed by atoms with Crippen LogP contribution < -0.4 is 5.32 Å². The first-order valence-corrected chi connectivity index (χ1v) is 7.64. The number of hydrogen-bond donors (Lipinski definition) is 1. The van der Waals surface area contributed by atoms with Crippen LogP contribution in [0.3, 0.4) is 0 Å². The van der Waals surface area contributed by atoms with Gasteiger partial charge in [-0.15, -0.1) is 0 Å². The Morgan fingerprint density at radius 2 is 2.05 bits per heavy atom. The molecule has 1 saturated heterocycles. The van der Waals surface area contributed by atoms with Crippen molar-refractivity contribution in [2.24, 2.45) is 0 Å². The first-order chi connectivity index (χ1) is 9.59. The standard InChI is InChI=1S/C17H28N2O/c1-17(2,20-3)9-11-19-12-10-18-16(14-19)13-15-7-5-4-6-8-15/h4-8,16,18H,9-14H2,1-3H3. The molecule has 0 radical (unpaired) electrons. The van der Waals surface area contributed by atoms with E-state index in [4.69, 9.17) is 4.74 Å². The predicted molar refractivity (Wildman–Crippen MR) is 84.1 cm³/mol. The Labute approximate surface area is 123 Å². The molecular weight excluding hydrogens is 248 g/mol. The van der Waals surface area contributed by atoms with Crippen molar-refractivity contribution in [1.29, 1.82) is 0 Å². The quantitative estimate of drug-likeness (QED) is 0.863. The first-order valence-electron chi connectivity index (χ1n) is 7.64. The van der Waals surface area contributed by atoms with Crippen LogP contribution in [0.15, 0.2) is 30.3 Å². The summed E-state index contributed by atoms with van der Waals surface area (Å²) in [5, 5.41) is 3.64. The molecule has 1 unspecified atom stereocenters. The lowest BCUT2D eigenvalue weighted by atomic mass is 10.0.